The molecule has 1 saturated heterocycles. The van der Waals surface area contributed by atoms with E-state index in [1.807, 2.05) is 12.1 Å². The number of rotatable bonds is 4. The molecule has 4 nitrogen and oxygen atoms in total. The SMILES string of the molecule is Cc1ccccc1COc1nsnc1N1CCCCCC1. The first-order valence-electron chi connectivity index (χ1n) is 7.59. The van der Waals surface area contributed by atoms with Crippen molar-refractivity contribution in [1.82, 2.24) is 8.75 Å². The van der Waals surface area contributed by atoms with Gasteiger partial charge in [-0.05, 0) is 30.9 Å². The maximum absolute atomic E-state index is 5.93. The number of hydrogen-bond acceptors (Lipinski definition) is 5. The molecule has 2 heterocycles. The summed E-state index contributed by atoms with van der Waals surface area (Å²) < 4.78 is 14.7. The fourth-order valence-electron chi connectivity index (χ4n) is 2.66. The van der Waals surface area contributed by atoms with Crippen LogP contribution in [-0.4, -0.2) is 21.8 Å². The van der Waals surface area contributed by atoms with Gasteiger partial charge in [-0.25, -0.2) is 0 Å². The molecule has 0 aliphatic carbocycles. The lowest BCUT2D eigenvalue weighted by Gasteiger charge is -2.20. The molecule has 0 bridgehead atoms. The summed E-state index contributed by atoms with van der Waals surface area (Å²) in [6.45, 7) is 4.78. The number of aryl methyl sites for hydroxylation is 1. The van der Waals surface area contributed by atoms with Crippen molar-refractivity contribution >= 4 is 17.5 Å². The minimum atomic E-state index is 0.554. The molecule has 0 spiro atoms. The van der Waals surface area contributed by atoms with Crippen molar-refractivity contribution in [2.24, 2.45) is 0 Å². The van der Waals surface area contributed by atoms with Crippen molar-refractivity contribution in [1.29, 1.82) is 0 Å². The van der Waals surface area contributed by atoms with Crippen LogP contribution in [0.25, 0.3) is 0 Å². The third-order valence-corrected chi connectivity index (χ3v) is 4.48. The van der Waals surface area contributed by atoms with Gasteiger partial charge in [0.15, 0.2) is 0 Å². The summed E-state index contributed by atoms with van der Waals surface area (Å²) in [5, 5.41) is 0. The Morgan fingerprint density at radius 3 is 2.62 bits per heavy atom. The third-order valence-electron chi connectivity index (χ3n) is 3.97. The second-order valence-corrected chi connectivity index (χ2v) is 6.04. The summed E-state index contributed by atoms with van der Waals surface area (Å²) in [4.78, 5) is 2.32. The van der Waals surface area contributed by atoms with Crippen LogP contribution in [0.5, 0.6) is 5.88 Å². The topological polar surface area (TPSA) is 38.3 Å². The zero-order chi connectivity index (χ0) is 14.5. The normalized spacial score (nSPS) is 15.8. The van der Waals surface area contributed by atoms with E-state index >= 15 is 0 Å². The van der Waals surface area contributed by atoms with Gasteiger partial charge < -0.3 is 9.64 Å². The summed E-state index contributed by atoms with van der Waals surface area (Å²) in [7, 11) is 0. The molecule has 0 atom stereocenters. The Morgan fingerprint density at radius 2 is 1.86 bits per heavy atom. The smallest absolute Gasteiger partial charge is 0.271 e. The van der Waals surface area contributed by atoms with E-state index < -0.39 is 0 Å². The van der Waals surface area contributed by atoms with Crippen LogP contribution in [0.15, 0.2) is 24.3 Å². The summed E-state index contributed by atoms with van der Waals surface area (Å²) in [6.07, 6.45) is 5.09. The molecule has 5 heteroatoms. The van der Waals surface area contributed by atoms with Gasteiger partial charge in [-0.1, -0.05) is 37.1 Å². The molecule has 112 valence electrons. The zero-order valence-electron chi connectivity index (χ0n) is 12.4. The minimum Gasteiger partial charge on any atom is -0.470 e. The van der Waals surface area contributed by atoms with Crippen LogP contribution in [0.3, 0.4) is 0 Å². The lowest BCUT2D eigenvalue weighted by atomic mass is 10.1. The molecular weight excluding hydrogens is 282 g/mol. The number of nitrogens with zero attached hydrogens (tertiary/aromatic N) is 3. The van der Waals surface area contributed by atoms with E-state index in [9.17, 15) is 0 Å². The maximum Gasteiger partial charge on any atom is 0.271 e. The number of ether oxygens (including phenoxy) is 1. The first-order valence-corrected chi connectivity index (χ1v) is 8.32. The van der Waals surface area contributed by atoms with Crippen molar-refractivity contribution in [3.8, 4) is 5.88 Å². The van der Waals surface area contributed by atoms with Gasteiger partial charge in [-0.15, -0.1) is 4.37 Å². The van der Waals surface area contributed by atoms with Crippen molar-refractivity contribution in [2.75, 3.05) is 18.0 Å². The van der Waals surface area contributed by atoms with E-state index in [0.717, 1.165) is 18.9 Å². The minimum absolute atomic E-state index is 0.554. The molecule has 0 amide bonds. The van der Waals surface area contributed by atoms with Crippen molar-refractivity contribution in [2.45, 2.75) is 39.2 Å². The molecule has 21 heavy (non-hydrogen) atoms. The zero-order valence-corrected chi connectivity index (χ0v) is 13.2. The average molecular weight is 303 g/mol. The summed E-state index contributed by atoms with van der Waals surface area (Å²) in [6, 6.07) is 8.29. The van der Waals surface area contributed by atoms with E-state index in [4.69, 9.17) is 4.74 Å². The Morgan fingerprint density at radius 1 is 1.10 bits per heavy atom. The molecule has 0 unspecified atom stereocenters. The fraction of sp³-hybridized carbons (Fsp3) is 0.500. The quantitative estimate of drug-likeness (QED) is 0.861. The summed E-state index contributed by atoms with van der Waals surface area (Å²) in [5.41, 5.74) is 2.45. The molecule has 3 rings (SSSR count). The van der Waals surface area contributed by atoms with Gasteiger partial charge in [0.05, 0.1) is 11.7 Å². The standard InChI is InChI=1S/C16H21N3OS/c1-13-8-4-5-9-14(13)12-20-16-15(17-21-18-16)19-10-6-2-3-7-11-19/h4-5,8-9H,2-3,6-7,10-12H2,1H3. The van der Waals surface area contributed by atoms with Gasteiger partial charge in [-0.3, -0.25) is 0 Å². The summed E-state index contributed by atoms with van der Waals surface area (Å²) >= 11 is 1.24. The molecule has 1 aromatic carbocycles. The Balaban J connectivity index is 1.69. The van der Waals surface area contributed by atoms with Crippen LogP contribution < -0.4 is 9.64 Å². The number of aromatic nitrogens is 2. The highest BCUT2D eigenvalue weighted by molar-refractivity contribution is 6.99. The van der Waals surface area contributed by atoms with Crippen molar-refractivity contribution < 1.29 is 4.74 Å². The van der Waals surface area contributed by atoms with Gasteiger partial charge in [0, 0.05) is 13.1 Å². The van der Waals surface area contributed by atoms with E-state index in [1.165, 1.54) is 48.5 Å². The first-order chi connectivity index (χ1) is 10.3. The number of benzene rings is 1. The van der Waals surface area contributed by atoms with Gasteiger partial charge >= 0.3 is 0 Å². The molecular formula is C16H21N3OS. The third kappa shape index (κ3) is 3.53. The van der Waals surface area contributed by atoms with Gasteiger partial charge in [0.1, 0.15) is 6.61 Å². The monoisotopic (exact) mass is 303 g/mol. The maximum atomic E-state index is 5.93. The Labute approximate surface area is 130 Å². The summed E-state index contributed by atoms with van der Waals surface area (Å²) in [5.74, 6) is 1.61. The van der Waals surface area contributed by atoms with E-state index in [1.54, 1.807) is 0 Å². The highest BCUT2D eigenvalue weighted by Crippen LogP contribution is 2.28. The second-order valence-electron chi connectivity index (χ2n) is 5.51. The van der Waals surface area contributed by atoms with Crippen molar-refractivity contribution in [3.63, 3.8) is 0 Å². The number of anilines is 1. The van der Waals surface area contributed by atoms with Gasteiger partial charge in [0.2, 0.25) is 5.82 Å². The predicted octanol–water partition coefficient (Wildman–Crippen LogP) is 3.81. The first kappa shape index (κ1) is 14.3. The lowest BCUT2D eigenvalue weighted by Crippen LogP contribution is -2.24. The lowest BCUT2D eigenvalue weighted by molar-refractivity contribution is 0.296. The van der Waals surface area contributed by atoms with Crippen LogP contribution >= 0.6 is 11.7 Å². The Kier molecular flexibility index (Phi) is 4.70. The molecule has 1 fully saturated rings. The Bertz CT molecular complexity index is 576. The largest absolute Gasteiger partial charge is 0.470 e. The van der Waals surface area contributed by atoms with Crippen LogP contribution in [0.2, 0.25) is 0 Å². The van der Waals surface area contributed by atoms with Crippen LogP contribution in [0.1, 0.15) is 36.8 Å². The second kappa shape index (κ2) is 6.89. The van der Waals surface area contributed by atoms with Crippen LogP contribution in [0, 0.1) is 6.92 Å². The van der Waals surface area contributed by atoms with E-state index in [0.29, 0.717) is 12.5 Å². The van der Waals surface area contributed by atoms with Crippen LogP contribution in [-0.2, 0) is 6.61 Å². The van der Waals surface area contributed by atoms with Crippen LogP contribution in [0.4, 0.5) is 5.82 Å². The highest BCUT2D eigenvalue weighted by atomic mass is 32.1. The Hall–Kier alpha value is -1.62. The van der Waals surface area contributed by atoms with Crippen molar-refractivity contribution in [3.05, 3.63) is 35.4 Å². The highest BCUT2D eigenvalue weighted by Gasteiger charge is 2.18. The predicted molar refractivity (Wildman–Crippen MR) is 86.1 cm³/mol. The molecule has 1 aliphatic heterocycles. The average Bonchev–Trinajstić information content (AvgIpc) is 2.80. The van der Waals surface area contributed by atoms with Gasteiger partial charge in [0.25, 0.3) is 5.88 Å². The van der Waals surface area contributed by atoms with E-state index in [-0.39, 0.29) is 0 Å². The molecule has 0 N–H and O–H groups in total. The molecule has 2 aromatic rings. The molecule has 0 saturated carbocycles. The molecule has 0 radical (unpaired) electrons. The number of hydrogen-bond donors (Lipinski definition) is 0. The fourth-order valence-corrected chi connectivity index (χ4v) is 3.18. The van der Waals surface area contributed by atoms with Gasteiger partial charge in [-0.2, -0.15) is 4.37 Å². The molecule has 1 aromatic heterocycles. The molecule has 1 aliphatic rings. The van der Waals surface area contributed by atoms with E-state index in [2.05, 4.69) is 32.7 Å².